The van der Waals surface area contributed by atoms with Crippen LogP contribution in [0.4, 0.5) is 0 Å². The minimum atomic E-state index is -0.327. The van der Waals surface area contributed by atoms with Crippen LogP contribution in [0.15, 0.2) is 12.3 Å². The van der Waals surface area contributed by atoms with E-state index < -0.39 is 0 Å². The molecular weight excluding hydrogens is 254 g/mol. The molecule has 1 aliphatic carbocycles. The third-order valence-electron chi connectivity index (χ3n) is 3.94. The topological polar surface area (TPSA) is 56.1 Å². The normalized spacial score (nSPS) is 17.9. The van der Waals surface area contributed by atoms with Crippen molar-refractivity contribution in [2.24, 2.45) is 7.05 Å². The van der Waals surface area contributed by atoms with Gasteiger partial charge in [0.15, 0.2) is 0 Å². The lowest BCUT2D eigenvalue weighted by Crippen LogP contribution is -2.38. The summed E-state index contributed by atoms with van der Waals surface area (Å²) in [7, 11) is 1.87. The number of nitrogens with zero attached hydrogens (tertiary/aromatic N) is 2. The van der Waals surface area contributed by atoms with E-state index in [1.54, 1.807) is 10.9 Å². The minimum absolute atomic E-state index is 0.0146. The molecule has 1 atom stereocenters. The second kappa shape index (κ2) is 7.43. The molecule has 1 fully saturated rings. The van der Waals surface area contributed by atoms with Crippen molar-refractivity contribution >= 4 is 5.91 Å². The molecule has 2 rings (SSSR count). The molecule has 5 nitrogen and oxygen atoms in total. The Bertz CT molecular complexity index is 425. The maximum Gasteiger partial charge on any atom is 0.249 e. The fraction of sp³-hybridized carbons (Fsp3) is 0.733. The lowest BCUT2D eigenvalue weighted by molar-refractivity contribution is -0.138. The Morgan fingerprint density at radius 3 is 2.85 bits per heavy atom. The molecule has 0 aliphatic heterocycles. The number of aromatic nitrogens is 2. The van der Waals surface area contributed by atoms with Gasteiger partial charge in [-0.15, -0.1) is 0 Å². The van der Waals surface area contributed by atoms with E-state index in [9.17, 15) is 4.79 Å². The van der Waals surface area contributed by atoms with Crippen LogP contribution in [0.5, 0.6) is 0 Å². The van der Waals surface area contributed by atoms with E-state index in [4.69, 9.17) is 4.74 Å². The molecule has 1 aromatic rings. The summed E-state index contributed by atoms with van der Waals surface area (Å²) in [6.07, 6.45) is 8.29. The molecule has 1 heterocycles. The fourth-order valence-electron chi connectivity index (χ4n) is 2.64. The smallest absolute Gasteiger partial charge is 0.249 e. The van der Waals surface area contributed by atoms with Crippen molar-refractivity contribution in [1.82, 2.24) is 15.1 Å². The highest BCUT2D eigenvalue weighted by Crippen LogP contribution is 2.22. The molecule has 1 N–H and O–H groups in total. The molecule has 112 valence electrons. The van der Waals surface area contributed by atoms with Crippen LogP contribution in [-0.4, -0.2) is 27.9 Å². The van der Waals surface area contributed by atoms with Crippen LogP contribution in [0.3, 0.4) is 0 Å². The number of hydrogen-bond acceptors (Lipinski definition) is 3. The van der Waals surface area contributed by atoms with Crippen LogP contribution in [0.25, 0.3) is 0 Å². The van der Waals surface area contributed by atoms with E-state index >= 15 is 0 Å². The van der Waals surface area contributed by atoms with Crippen molar-refractivity contribution < 1.29 is 9.53 Å². The third-order valence-corrected chi connectivity index (χ3v) is 3.94. The first-order valence-electron chi connectivity index (χ1n) is 7.60. The second-order valence-corrected chi connectivity index (χ2v) is 5.46. The van der Waals surface area contributed by atoms with Crippen LogP contribution in [0.1, 0.15) is 51.1 Å². The van der Waals surface area contributed by atoms with Gasteiger partial charge in [0.05, 0.1) is 18.3 Å². The van der Waals surface area contributed by atoms with Crippen molar-refractivity contribution in [2.75, 3.05) is 0 Å². The van der Waals surface area contributed by atoms with Crippen LogP contribution in [-0.2, 0) is 23.1 Å². The Labute approximate surface area is 120 Å². The molecule has 0 spiro atoms. The maximum atomic E-state index is 12.2. The predicted molar refractivity (Wildman–Crippen MR) is 77.1 cm³/mol. The molecule has 5 heteroatoms. The van der Waals surface area contributed by atoms with Crippen LogP contribution in [0, 0.1) is 0 Å². The van der Waals surface area contributed by atoms with Crippen molar-refractivity contribution in [3.8, 4) is 0 Å². The highest BCUT2D eigenvalue weighted by atomic mass is 16.5. The molecule has 1 aromatic heterocycles. The van der Waals surface area contributed by atoms with E-state index in [0.29, 0.717) is 13.0 Å². The monoisotopic (exact) mass is 279 g/mol. The predicted octanol–water partition coefficient (Wildman–Crippen LogP) is 2.16. The van der Waals surface area contributed by atoms with E-state index in [1.807, 2.05) is 20.0 Å². The molecule has 20 heavy (non-hydrogen) atoms. The largest absolute Gasteiger partial charge is 0.365 e. The highest BCUT2D eigenvalue weighted by Gasteiger charge is 2.23. The lowest BCUT2D eigenvalue weighted by Gasteiger charge is -2.26. The van der Waals surface area contributed by atoms with Crippen LogP contribution >= 0.6 is 0 Å². The van der Waals surface area contributed by atoms with Gasteiger partial charge in [-0.1, -0.05) is 26.2 Å². The molecule has 0 saturated heterocycles. The van der Waals surface area contributed by atoms with Gasteiger partial charge >= 0.3 is 0 Å². The zero-order valence-corrected chi connectivity index (χ0v) is 12.5. The summed E-state index contributed by atoms with van der Waals surface area (Å²) in [6.45, 7) is 2.50. The van der Waals surface area contributed by atoms with E-state index in [-0.39, 0.29) is 18.1 Å². The summed E-state index contributed by atoms with van der Waals surface area (Å²) in [5.74, 6) is -0.0146. The maximum absolute atomic E-state index is 12.2. The zero-order chi connectivity index (χ0) is 14.4. The lowest BCUT2D eigenvalue weighted by atomic mass is 9.97. The summed E-state index contributed by atoms with van der Waals surface area (Å²) in [4.78, 5) is 12.2. The molecule has 1 saturated carbocycles. The Hall–Kier alpha value is -1.36. The summed E-state index contributed by atoms with van der Waals surface area (Å²) in [6, 6.07) is 1.91. The Kier molecular flexibility index (Phi) is 5.59. The number of nitrogens with one attached hydrogen (secondary N) is 1. The Morgan fingerprint density at radius 2 is 2.25 bits per heavy atom. The summed E-state index contributed by atoms with van der Waals surface area (Å²) in [5, 5.41) is 7.03. The standard InChI is InChI=1S/C15H25N3O2/c1-3-14(20-13-7-5-4-6-8-13)15(19)16-11-12-9-10-17-18(12)2/h9-10,13-14H,3-8,11H2,1-2H3,(H,16,19). The minimum Gasteiger partial charge on any atom is -0.365 e. The van der Waals surface area contributed by atoms with Crippen molar-refractivity contribution in [2.45, 2.75) is 64.2 Å². The number of carbonyl (C=O) groups is 1. The first-order valence-corrected chi connectivity index (χ1v) is 7.60. The second-order valence-electron chi connectivity index (χ2n) is 5.46. The first-order chi connectivity index (χ1) is 9.70. The average Bonchev–Trinajstić information content (AvgIpc) is 2.88. The van der Waals surface area contributed by atoms with Gasteiger partial charge in [0, 0.05) is 13.2 Å². The van der Waals surface area contributed by atoms with Gasteiger partial charge < -0.3 is 10.1 Å². The van der Waals surface area contributed by atoms with Gasteiger partial charge in [-0.3, -0.25) is 9.48 Å². The quantitative estimate of drug-likeness (QED) is 0.868. The van der Waals surface area contributed by atoms with Crippen molar-refractivity contribution in [3.05, 3.63) is 18.0 Å². The number of aryl methyl sites for hydroxylation is 1. The SMILES string of the molecule is CCC(OC1CCCCC1)C(=O)NCc1ccnn1C. The summed E-state index contributed by atoms with van der Waals surface area (Å²) < 4.78 is 7.74. The number of rotatable bonds is 6. The van der Waals surface area contributed by atoms with Crippen LogP contribution in [0.2, 0.25) is 0 Å². The van der Waals surface area contributed by atoms with Crippen molar-refractivity contribution in [1.29, 1.82) is 0 Å². The van der Waals surface area contributed by atoms with Gasteiger partial charge in [0.25, 0.3) is 0 Å². The molecule has 0 bridgehead atoms. The number of hydrogen-bond donors (Lipinski definition) is 1. The van der Waals surface area contributed by atoms with E-state index in [0.717, 1.165) is 18.5 Å². The fourth-order valence-corrected chi connectivity index (χ4v) is 2.64. The van der Waals surface area contributed by atoms with Crippen LogP contribution < -0.4 is 5.32 Å². The molecular formula is C15H25N3O2. The summed E-state index contributed by atoms with van der Waals surface area (Å²) in [5.41, 5.74) is 0.992. The van der Waals surface area contributed by atoms with E-state index in [1.165, 1.54) is 19.3 Å². The van der Waals surface area contributed by atoms with E-state index in [2.05, 4.69) is 10.4 Å². The van der Waals surface area contributed by atoms with Crippen molar-refractivity contribution in [3.63, 3.8) is 0 Å². The zero-order valence-electron chi connectivity index (χ0n) is 12.5. The summed E-state index contributed by atoms with van der Waals surface area (Å²) >= 11 is 0. The highest BCUT2D eigenvalue weighted by molar-refractivity contribution is 5.80. The Morgan fingerprint density at radius 1 is 1.50 bits per heavy atom. The van der Waals surface area contributed by atoms with Gasteiger partial charge in [0.2, 0.25) is 5.91 Å². The molecule has 1 aliphatic rings. The molecule has 0 aromatic carbocycles. The average molecular weight is 279 g/mol. The third kappa shape index (κ3) is 4.07. The van der Waals surface area contributed by atoms with Gasteiger partial charge in [-0.05, 0) is 25.3 Å². The molecule has 1 amide bonds. The molecule has 0 radical (unpaired) electrons. The number of carbonyl (C=O) groups excluding carboxylic acids is 1. The first kappa shape index (κ1) is 15.0. The Balaban J connectivity index is 1.80. The molecule has 1 unspecified atom stereocenters. The van der Waals surface area contributed by atoms with Gasteiger partial charge in [-0.2, -0.15) is 5.10 Å². The number of amides is 1. The number of ether oxygens (including phenoxy) is 1. The van der Waals surface area contributed by atoms with Gasteiger partial charge in [-0.25, -0.2) is 0 Å². The van der Waals surface area contributed by atoms with Gasteiger partial charge in [0.1, 0.15) is 6.10 Å².